The van der Waals surface area contributed by atoms with E-state index in [1.54, 1.807) is 18.2 Å². The molecule has 5 heteroatoms. The second-order valence-electron chi connectivity index (χ2n) is 4.64. The summed E-state index contributed by atoms with van der Waals surface area (Å²) in [6.45, 7) is 0. The van der Waals surface area contributed by atoms with Gasteiger partial charge in [0.25, 0.3) is 0 Å². The van der Waals surface area contributed by atoms with Gasteiger partial charge in [0.15, 0.2) is 11.6 Å². The van der Waals surface area contributed by atoms with Crippen molar-refractivity contribution in [3.63, 3.8) is 0 Å². The van der Waals surface area contributed by atoms with Crippen LogP contribution in [0.1, 0.15) is 17.2 Å². The highest BCUT2D eigenvalue weighted by Crippen LogP contribution is 2.29. The Morgan fingerprint density at radius 2 is 1.71 bits per heavy atom. The van der Waals surface area contributed by atoms with Crippen LogP contribution in [0.5, 0.6) is 11.5 Å². The lowest BCUT2D eigenvalue weighted by molar-refractivity contribution is 0.385. The fraction of sp³-hybridized carbons (Fsp3) is 0.250. The van der Waals surface area contributed by atoms with E-state index in [-0.39, 0.29) is 17.7 Å². The number of rotatable bonds is 5. The van der Waals surface area contributed by atoms with Gasteiger partial charge in [-0.1, -0.05) is 12.1 Å². The molecule has 0 aromatic heterocycles. The Morgan fingerprint density at radius 1 is 1.00 bits per heavy atom. The average Bonchev–Trinajstić information content (AvgIpc) is 2.46. The van der Waals surface area contributed by atoms with Gasteiger partial charge in [-0.15, -0.1) is 0 Å². The third-order valence-electron chi connectivity index (χ3n) is 3.28. The van der Waals surface area contributed by atoms with Crippen molar-refractivity contribution < 1.29 is 18.3 Å². The van der Waals surface area contributed by atoms with E-state index in [1.165, 1.54) is 32.4 Å². The van der Waals surface area contributed by atoms with Crippen LogP contribution in [-0.2, 0) is 6.42 Å². The van der Waals surface area contributed by atoms with Crippen LogP contribution in [-0.4, -0.2) is 14.2 Å². The van der Waals surface area contributed by atoms with Gasteiger partial charge < -0.3 is 15.2 Å². The molecule has 112 valence electrons. The molecule has 2 aromatic carbocycles. The Morgan fingerprint density at radius 3 is 2.33 bits per heavy atom. The Bertz CT molecular complexity index is 632. The molecule has 2 N–H and O–H groups in total. The maximum atomic E-state index is 13.9. The van der Waals surface area contributed by atoms with Crippen LogP contribution in [0.2, 0.25) is 0 Å². The first kappa shape index (κ1) is 15.3. The highest BCUT2D eigenvalue weighted by Gasteiger charge is 2.18. The van der Waals surface area contributed by atoms with Crippen molar-refractivity contribution in [2.45, 2.75) is 12.5 Å². The van der Waals surface area contributed by atoms with Crippen molar-refractivity contribution in [2.75, 3.05) is 14.2 Å². The molecule has 0 amide bonds. The first-order valence-electron chi connectivity index (χ1n) is 6.47. The Kier molecular flexibility index (Phi) is 4.75. The molecule has 0 saturated heterocycles. The summed E-state index contributed by atoms with van der Waals surface area (Å²) in [5.41, 5.74) is 7.00. The van der Waals surface area contributed by atoms with Crippen LogP contribution in [0, 0.1) is 11.6 Å². The molecule has 1 unspecified atom stereocenters. The van der Waals surface area contributed by atoms with Gasteiger partial charge in [0.05, 0.1) is 14.2 Å². The standard InChI is InChI=1S/C16H17F2NO2/c1-20-14-7-6-10(8-12(14)18)9-13(19)16-11(17)4-3-5-15(16)21-2/h3-8,13H,9,19H2,1-2H3. The van der Waals surface area contributed by atoms with Gasteiger partial charge in [0.1, 0.15) is 11.6 Å². The third kappa shape index (κ3) is 3.31. The molecule has 0 bridgehead atoms. The van der Waals surface area contributed by atoms with Gasteiger partial charge in [-0.3, -0.25) is 0 Å². The van der Waals surface area contributed by atoms with Crippen molar-refractivity contribution >= 4 is 0 Å². The summed E-state index contributed by atoms with van der Waals surface area (Å²) >= 11 is 0. The fourth-order valence-corrected chi connectivity index (χ4v) is 2.25. The molecule has 0 aliphatic carbocycles. The van der Waals surface area contributed by atoms with E-state index < -0.39 is 17.7 Å². The van der Waals surface area contributed by atoms with E-state index in [2.05, 4.69) is 0 Å². The quantitative estimate of drug-likeness (QED) is 0.920. The van der Waals surface area contributed by atoms with Gasteiger partial charge in [0.2, 0.25) is 0 Å². The molecule has 0 heterocycles. The molecule has 0 aliphatic heterocycles. The van der Waals surface area contributed by atoms with Crippen LogP contribution in [0.25, 0.3) is 0 Å². The topological polar surface area (TPSA) is 44.5 Å². The lowest BCUT2D eigenvalue weighted by Crippen LogP contribution is -2.16. The van der Waals surface area contributed by atoms with Gasteiger partial charge in [-0.2, -0.15) is 0 Å². The third-order valence-corrected chi connectivity index (χ3v) is 3.28. The zero-order chi connectivity index (χ0) is 15.4. The molecule has 1 atom stereocenters. The van der Waals surface area contributed by atoms with Gasteiger partial charge in [-0.25, -0.2) is 8.78 Å². The zero-order valence-corrected chi connectivity index (χ0v) is 11.9. The summed E-state index contributed by atoms with van der Waals surface area (Å²) < 4.78 is 37.6. The van der Waals surface area contributed by atoms with E-state index in [9.17, 15) is 8.78 Å². The minimum Gasteiger partial charge on any atom is -0.496 e. The highest BCUT2D eigenvalue weighted by atomic mass is 19.1. The van der Waals surface area contributed by atoms with E-state index in [0.717, 1.165) is 0 Å². The van der Waals surface area contributed by atoms with E-state index in [1.807, 2.05) is 0 Å². The average molecular weight is 293 g/mol. The summed E-state index contributed by atoms with van der Waals surface area (Å²) in [5, 5.41) is 0. The van der Waals surface area contributed by atoms with E-state index in [0.29, 0.717) is 11.3 Å². The number of ether oxygens (including phenoxy) is 2. The highest BCUT2D eigenvalue weighted by molar-refractivity contribution is 5.38. The predicted molar refractivity (Wildman–Crippen MR) is 76.5 cm³/mol. The summed E-state index contributed by atoms with van der Waals surface area (Å²) in [7, 11) is 2.85. The maximum absolute atomic E-state index is 13.9. The molecule has 0 radical (unpaired) electrons. The number of benzene rings is 2. The molecule has 0 saturated carbocycles. The maximum Gasteiger partial charge on any atom is 0.165 e. The largest absolute Gasteiger partial charge is 0.496 e. The van der Waals surface area contributed by atoms with Crippen LogP contribution in [0.3, 0.4) is 0 Å². The Labute approximate surface area is 122 Å². The van der Waals surface area contributed by atoms with Crippen molar-refractivity contribution in [3.05, 3.63) is 59.2 Å². The van der Waals surface area contributed by atoms with Crippen molar-refractivity contribution in [1.82, 2.24) is 0 Å². The van der Waals surface area contributed by atoms with E-state index in [4.69, 9.17) is 15.2 Å². The number of nitrogens with two attached hydrogens (primary N) is 1. The predicted octanol–water partition coefficient (Wildman–Crippen LogP) is 3.22. The van der Waals surface area contributed by atoms with E-state index >= 15 is 0 Å². The lowest BCUT2D eigenvalue weighted by atomic mass is 9.98. The van der Waals surface area contributed by atoms with Crippen LogP contribution in [0.4, 0.5) is 8.78 Å². The van der Waals surface area contributed by atoms with Crippen LogP contribution < -0.4 is 15.2 Å². The summed E-state index contributed by atoms with van der Waals surface area (Å²) in [6, 6.07) is 8.46. The SMILES string of the molecule is COc1ccc(CC(N)c2c(F)cccc2OC)cc1F. The molecular formula is C16H17F2NO2. The zero-order valence-electron chi connectivity index (χ0n) is 11.9. The molecule has 2 aromatic rings. The molecule has 2 rings (SSSR count). The fourth-order valence-electron chi connectivity index (χ4n) is 2.25. The summed E-state index contributed by atoms with van der Waals surface area (Å²) in [5.74, 6) is -0.356. The normalized spacial score (nSPS) is 12.0. The van der Waals surface area contributed by atoms with Gasteiger partial charge in [0, 0.05) is 11.6 Å². The number of halogens is 2. The molecular weight excluding hydrogens is 276 g/mol. The van der Waals surface area contributed by atoms with Crippen molar-refractivity contribution in [1.29, 1.82) is 0 Å². The monoisotopic (exact) mass is 293 g/mol. The number of methoxy groups -OCH3 is 2. The molecule has 0 aliphatic rings. The molecule has 3 nitrogen and oxygen atoms in total. The summed E-state index contributed by atoms with van der Waals surface area (Å²) in [4.78, 5) is 0. The first-order valence-corrected chi connectivity index (χ1v) is 6.47. The summed E-state index contributed by atoms with van der Waals surface area (Å²) in [6.07, 6.45) is 0.290. The molecule has 0 spiro atoms. The van der Waals surface area contributed by atoms with Gasteiger partial charge in [-0.05, 0) is 36.2 Å². The van der Waals surface area contributed by atoms with Gasteiger partial charge >= 0.3 is 0 Å². The molecule has 0 fully saturated rings. The minimum absolute atomic E-state index is 0.163. The second kappa shape index (κ2) is 6.54. The van der Waals surface area contributed by atoms with Crippen molar-refractivity contribution in [2.24, 2.45) is 5.73 Å². The Balaban J connectivity index is 2.26. The number of hydrogen-bond acceptors (Lipinski definition) is 3. The minimum atomic E-state index is -0.631. The van der Waals surface area contributed by atoms with Crippen LogP contribution in [0.15, 0.2) is 36.4 Å². The second-order valence-corrected chi connectivity index (χ2v) is 4.64. The van der Waals surface area contributed by atoms with Crippen LogP contribution >= 0.6 is 0 Å². The lowest BCUT2D eigenvalue weighted by Gasteiger charge is -2.17. The molecule has 21 heavy (non-hydrogen) atoms. The Hall–Kier alpha value is -2.14. The smallest absolute Gasteiger partial charge is 0.165 e. The first-order chi connectivity index (χ1) is 10.1. The van der Waals surface area contributed by atoms with Crippen molar-refractivity contribution in [3.8, 4) is 11.5 Å². The number of hydrogen-bond donors (Lipinski definition) is 1.